The molecule has 0 bridgehead atoms. The predicted molar refractivity (Wildman–Crippen MR) is 107 cm³/mol. The van der Waals surface area contributed by atoms with Crippen molar-refractivity contribution in [2.75, 3.05) is 0 Å². The molecule has 2 heterocycles. The van der Waals surface area contributed by atoms with Gasteiger partial charge in [-0.3, -0.25) is 0 Å². The van der Waals surface area contributed by atoms with Crippen LogP contribution in [0.15, 0.2) is 71.6 Å². The first-order valence-electron chi connectivity index (χ1n) is 8.77. The predicted octanol–water partition coefficient (Wildman–Crippen LogP) is 6.29. The van der Waals surface area contributed by atoms with Crippen LogP contribution in [0, 0.1) is 0 Å². The zero-order valence-corrected chi connectivity index (χ0v) is 14.8. The minimum Gasteiger partial charge on any atom is -0.343 e. The minimum absolute atomic E-state index is 0.500. The van der Waals surface area contributed by atoms with E-state index in [1.807, 2.05) is 11.8 Å². The molecule has 2 unspecified atom stereocenters. The summed E-state index contributed by atoms with van der Waals surface area (Å²) in [6.07, 6.45) is 4.78. The van der Waals surface area contributed by atoms with Crippen molar-refractivity contribution in [3.63, 3.8) is 0 Å². The van der Waals surface area contributed by atoms with E-state index in [2.05, 4.69) is 84.4 Å². The van der Waals surface area contributed by atoms with Crippen molar-refractivity contribution in [1.82, 2.24) is 4.57 Å². The minimum atomic E-state index is 0.500. The molecule has 120 valence electrons. The lowest BCUT2D eigenvalue weighted by atomic mass is 9.84. The van der Waals surface area contributed by atoms with E-state index in [1.165, 1.54) is 43.4 Å². The Bertz CT molecular complexity index is 1200. The van der Waals surface area contributed by atoms with Crippen molar-refractivity contribution in [1.29, 1.82) is 0 Å². The maximum absolute atomic E-state index is 2.42. The average Bonchev–Trinajstić information content (AvgIpc) is 3.18. The Hall–Kier alpha value is -2.45. The quantitative estimate of drug-likeness (QED) is 0.364. The molecule has 2 atom stereocenters. The van der Waals surface area contributed by atoms with E-state index in [0.29, 0.717) is 11.2 Å². The largest absolute Gasteiger partial charge is 0.343 e. The highest BCUT2D eigenvalue weighted by Crippen LogP contribution is 2.58. The molecule has 1 nitrogen and oxygen atoms in total. The van der Waals surface area contributed by atoms with Crippen molar-refractivity contribution in [2.24, 2.45) is 7.05 Å². The molecule has 3 aromatic carbocycles. The SMILES string of the molecule is Cn1c2ccccc2c2ccc3c(c21)C=CC1c2ccccc2SC31. The molecule has 2 aliphatic rings. The topological polar surface area (TPSA) is 4.93 Å². The van der Waals surface area contributed by atoms with Gasteiger partial charge in [-0.1, -0.05) is 60.7 Å². The highest BCUT2D eigenvalue weighted by Gasteiger charge is 2.36. The maximum Gasteiger partial charge on any atom is 0.0565 e. The molecule has 0 N–H and O–H groups in total. The number of hydrogen-bond donors (Lipinski definition) is 0. The Morgan fingerprint density at radius 1 is 0.840 bits per heavy atom. The summed E-state index contributed by atoms with van der Waals surface area (Å²) in [5.41, 5.74) is 7.04. The number of para-hydroxylation sites is 1. The fourth-order valence-corrected chi connectivity index (χ4v) is 6.13. The monoisotopic (exact) mass is 339 g/mol. The van der Waals surface area contributed by atoms with E-state index >= 15 is 0 Å². The molecule has 25 heavy (non-hydrogen) atoms. The fourth-order valence-electron chi connectivity index (χ4n) is 4.64. The highest BCUT2D eigenvalue weighted by atomic mass is 32.2. The molecule has 0 saturated heterocycles. The van der Waals surface area contributed by atoms with Crippen LogP contribution >= 0.6 is 11.8 Å². The standard InChI is InChI=1S/C23H17NS/c1-24-20-8-4-2-6-14(20)16-10-13-19-17(22(16)24)11-12-18-15-7-3-5-9-21(15)25-23(18)19/h2-13,18,23H,1H3. The van der Waals surface area contributed by atoms with Gasteiger partial charge in [0, 0.05) is 45.0 Å². The van der Waals surface area contributed by atoms with E-state index in [0.717, 1.165) is 0 Å². The van der Waals surface area contributed by atoms with Gasteiger partial charge < -0.3 is 4.57 Å². The second-order valence-electron chi connectivity index (χ2n) is 7.00. The fraction of sp³-hybridized carbons (Fsp3) is 0.130. The van der Waals surface area contributed by atoms with Crippen molar-refractivity contribution in [3.05, 3.63) is 83.4 Å². The van der Waals surface area contributed by atoms with Crippen molar-refractivity contribution < 1.29 is 0 Å². The Labute approximate surface area is 151 Å². The summed E-state index contributed by atoms with van der Waals surface area (Å²) in [5, 5.41) is 3.21. The molecule has 0 amide bonds. The molecule has 0 spiro atoms. The third-order valence-electron chi connectivity index (χ3n) is 5.78. The maximum atomic E-state index is 2.42. The van der Waals surface area contributed by atoms with E-state index in [4.69, 9.17) is 0 Å². The highest BCUT2D eigenvalue weighted by molar-refractivity contribution is 8.00. The van der Waals surface area contributed by atoms with E-state index in [-0.39, 0.29) is 0 Å². The van der Waals surface area contributed by atoms with E-state index in [1.54, 1.807) is 0 Å². The summed E-state index contributed by atoms with van der Waals surface area (Å²) in [4.78, 5) is 1.44. The number of allylic oxidation sites excluding steroid dienone is 1. The molecule has 0 saturated carbocycles. The summed E-state index contributed by atoms with van der Waals surface area (Å²) in [6.45, 7) is 0. The Balaban J connectivity index is 1.65. The molecular formula is C23H17NS. The van der Waals surface area contributed by atoms with Crippen LogP contribution in [-0.4, -0.2) is 4.57 Å². The normalized spacial score (nSPS) is 20.7. The first kappa shape index (κ1) is 13.8. The van der Waals surface area contributed by atoms with Crippen LogP contribution in [0.3, 0.4) is 0 Å². The van der Waals surface area contributed by atoms with Crippen LogP contribution in [0.2, 0.25) is 0 Å². The van der Waals surface area contributed by atoms with Crippen molar-refractivity contribution >= 4 is 39.6 Å². The first-order chi connectivity index (χ1) is 12.3. The Morgan fingerprint density at radius 3 is 2.64 bits per heavy atom. The Morgan fingerprint density at radius 2 is 1.68 bits per heavy atom. The van der Waals surface area contributed by atoms with Gasteiger partial charge in [-0.2, -0.15) is 0 Å². The van der Waals surface area contributed by atoms with Gasteiger partial charge in [0.25, 0.3) is 0 Å². The van der Waals surface area contributed by atoms with Crippen molar-refractivity contribution in [2.45, 2.75) is 16.1 Å². The van der Waals surface area contributed by atoms with Crippen LogP contribution in [0.1, 0.15) is 27.9 Å². The molecule has 0 radical (unpaired) electrons. The van der Waals surface area contributed by atoms with Gasteiger partial charge in [-0.05, 0) is 23.3 Å². The van der Waals surface area contributed by atoms with Crippen LogP contribution in [0.4, 0.5) is 0 Å². The molecular weight excluding hydrogens is 322 g/mol. The molecule has 2 heteroatoms. The first-order valence-corrected chi connectivity index (χ1v) is 9.65. The smallest absolute Gasteiger partial charge is 0.0565 e. The van der Waals surface area contributed by atoms with E-state index in [9.17, 15) is 0 Å². The lowest BCUT2D eigenvalue weighted by molar-refractivity contribution is 0.819. The van der Waals surface area contributed by atoms with Gasteiger partial charge in [0.1, 0.15) is 0 Å². The van der Waals surface area contributed by atoms with Gasteiger partial charge in [0.2, 0.25) is 0 Å². The number of nitrogens with zero attached hydrogens (tertiary/aromatic N) is 1. The lowest BCUT2D eigenvalue weighted by Crippen LogP contribution is -2.07. The summed E-state index contributed by atoms with van der Waals surface area (Å²) < 4.78 is 2.36. The number of thioether (sulfide) groups is 1. The average molecular weight is 339 g/mol. The van der Waals surface area contributed by atoms with Gasteiger partial charge in [-0.25, -0.2) is 0 Å². The molecule has 6 rings (SSSR count). The Kier molecular flexibility index (Phi) is 2.65. The van der Waals surface area contributed by atoms with Crippen molar-refractivity contribution in [3.8, 4) is 0 Å². The number of hydrogen-bond acceptors (Lipinski definition) is 1. The van der Waals surface area contributed by atoms with Gasteiger partial charge in [-0.15, -0.1) is 11.8 Å². The summed E-state index contributed by atoms with van der Waals surface area (Å²) in [5.74, 6) is 0.501. The molecule has 1 aromatic heterocycles. The second-order valence-corrected chi connectivity index (χ2v) is 8.19. The lowest BCUT2D eigenvalue weighted by Gasteiger charge is -2.24. The molecule has 1 aliphatic heterocycles. The van der Waals surface area contributed by atoms with Gasteiger partial charge in [0.15, 0.2) is 0 Å². The number of benzene rings is 3. The number of fused-ring (bicyclic) bond motifs is 9. The zero-order chi connectivity index (χ0) is 16.5. The summed E-state index contributed by atoms with van der Waals surface area (Å²) in [7, 11) is 2.20. The molecule has 4 aromatic rings. The third kappa shape index (κ3) is 1.70. The van der Waals surface area contributed by atoms with E-state index < -0.39 is 0 Å². The summed E-state index contributed by atoms with van der Waals surface area (Å²) >= 11 is 2.02. The van der Waals surface area contributed by atoms with Crippen LogP contribution in [-0.2, 0) is 7.05 Å². The van der Waals surface area contributed by atoms with Gasteiger partial charge >= 0.3 is 0 Å². The number of aromatic nitrogens is 1. The second kappa shape index (κ2) is 4.80. The molecule has 0 fully saturated rings. The van der Waals surface area contributed by atoms with Crippen LogP contribution in [0.5, 0.6) is 0 Å². The molecule has 1 aliphatic carbocycles. The number of rotatable bonds is 0. The van der Waals surface area contributed by atoms with Crippen LogP contribution in [0.25, 0.3) is 27.9 Å². The zero-order valence-electron chi connectivity index (χ0n) is 13.9. The van der Waals surface area contributed by atoms with Crippen LogP contribution < -0.4 is 0 Å². The third-order valence-corrected chi connectivity index (χ3v) is 7.20. The van der Waals surface area contributed by atoms with Gasteiger partial charge in [0.05, 0.1) is 5.52 Å². The number of aryl methyl sites for hydroxylation is 1. The summed E-state index contributed by atoms with van der Waals surface area (Å²) in [6, 6.07) is 22.3.